The molecule has 4 heteroatoms. The lowest BCUT2D eigenvalue weighted by molar-refractivity contribution is 0.210. The molecule has 1 N–H and O–H groups in total. The SMILES string of the molecule is CCCOc1ccccc1C(O)c1ccc(Br)c(Br)c1. The van der Waals surface area contributed by atoms with Gasteiger partial charge in [0.15, 0.2) is 0 Å². The van der Waals surface area contributed by atoms with Crippen molar-refractivity contribution in [3.05, 3.63) is 62.5 Å². The van der Waals surface area contributed by atoms with Crippen molar-refractivity contribution in [2.75, 3.05) is 6.61 Å². The monoisotopic (exact) mass is 398 g/mol. The Bertz CT molecular complexity index is 584. The average molecular weight is 400 g/mol. The molecule has 0 aliphatic heterocycles. The third kappa shape index (κ3) is 3.62. The van der Waals surface area contributed by atoms with Crippen LogP contribution in [0.3, 0.4) is 0 Å². The van der Waals surface area contributed by atoms with E-state index in [0.29, 0.717) is 6.61 Å². The molecule has 0 aliphatic rings. The molecular weight excluding hydrogens is 384 g/mol. The Kier molecular flexibility index (Phi) is 5.64. The van der Waals surface area contributed by atoms with E-state index in [0.717, 1.165) is 32.2 Å². The zero-order valence-electron chi connectivity index (χ0n) is 11.1. The van der Waals surface area contributed by atoms with Crippen LogP contribution in [0, 0.1) is 0 Å². The number of hydrogen-bond acceptors (Lipinski definition) is 2. The van der Waals surface area contributed by atoms with Crippen molar-refractivity contribution in [3.63, 3.8) is 0 Å². The lowest BCUT2D eigenvalue weighted by Crippen LogP contribution is -2.04. The number of halogens is 2. The summed E-state index contributed by atoms with van der Waals surface area (Å²) in [6, 6.07) is 13.3. The van der Waals surface area contributed by atoms with Crippen molar-refractivity contribution >= 4 is 31.9 Å². The molecular formula is C16H16Br2O2. The Labute approximate surface area is 136 Å². The summed E-state index contributed by atoms with van der Waals surface area (Å²) in [5, 5.41) is 10.6. The first kappa shape index (κ1) is 15.5. The number of aliphatic hydroxyl groups is 1. The molecule has 0 fully saturated rings. The standard InChI is InChI=1S/C16H16Br2O2/c1-2-9-20-15-6-4-3-5-12(15)16(19)11-7-8-13(17)14(18)10-11/h3-8,10,16,19H,2,9H2,1H3. The topological polar surface area (TPSA) is 29.5 Å². The molecule has 1 atom stereocenters. The maximum absolute atomic E-state index is 10.6. The van der Waals surface area contributed by atoms with Crippen molar-refractivity contribution in [1.82, 2.24) is 0 Å². The summed E-state index contributed by atoms with van der Waals surface area (Å²) in [5.74, 6) is 0.737. The summed E-state index contributed by atoms with van der Waals surface area (Å²) in [7, 11) is 0. The Hall–Kier alpha value is -0.840. The van der Waals surface area contributed by atoms with Crippen LogP contribution in [0.2, 0.25) is 0 Å². The van der Waals surface area contributed by atoms with Crippen LogP contribution in [0.25, 0.3) is 0 Å². The number of hydrogen-bond donors (Lipinski definition) is 1. The van der Waals surface area contributed by atoms with Crippen LogP contribution in [0.4, 0.5) is 0 Å². The van der Waals surface area contributed by atoms with Gasteiger partial charge in [-0.15, -0.1) is 0 Å². The minimum absolute atomic E-state index is 0.647. The third-order valence-electron chi connectivity index (χ3n) is 2.93. The van der Waals surface area contributed by atoms with E-state index < -0.39 is 6.10 Å². The first-order chi connectivity index (χ1) is 9.63. The van der Waals surface area contributed by atoms with E-state index in [1.807, 2.05) is 42.5 Å². The highest BCUT2D eigenvalue weighted by Crippen LogP contribution is 2.33. The fourth-order valence-electron chi connectivity index (χ4n) is 1.91. The molecule has 0 bridgehead atoms. The van der Waals surface area contributed by atoms with Crippen molar-refractivity contribution < 1.29 is 9.84 Å². The number of para-hydroxylation sites is 1. The van der Waals surface area contributed by atoms with Gasteiger partial charge in [0, 0.05) is 14.5 Å². The van der Waals surface area contributed by atoms with Crippen LogP contribution in [-0.2, 0) is 0 Å². The van der Waals surface area contributed by atoms with Crippen LogP contribution >= 0.6 is 31.9 Å². The van der Waals surface area contributed by atoms with E-state index in [2.05, 4.69) is 38.8 Å². The Morgan fingerprint density at radius 1 is 1.10 bits per heavy atom. The molecule has 2 aromatic carbocycles. The molecule has 0 aromatic heterocycles. The molecule has 2 nitrogen and oxygen atoms in total. The summed E-state index contributed by atoms with van der Waals surface area (Å²) in [6.07, 6.45) is 0.237. The number of aliphatic hydroxyl groups excluding tert-OH is 1. The lowest BCUT2D eigenvalue weighted by atomic mass is 10.0. The quantitative estimate of drug-likeness (QED) is 0.759. The van der Waals surface area contributed by atoms with Crippen molar-refractivity contribution in [2.24, 2.45) is 0 Å². The number of benzene rings is 2. The number of ether oxygens (including phenoxy) is 1. The molecule has 0 radical (unpaired) electrons. The van der Waals surface area contributed by atoms with Crippen molar-refractivity contribution in [1.29, 1.82) is 0 Å². The van der Waals surface area contributed by atoms with Crippen LogP contribution in [0.15, 0.2) is 51.4 Å². The zero-order valence-corrected chi connectivity index (χ0v) is 14.3. The van der Waals surface area contributed by atoms with Crippen LogP contribution < -0.4 is 4.74 Å². The minimum atomic E-state index is -0.701. The molecule has 0 aliphatic carbocycles. The van der Waals surface area contributed by atoms with Crippen molar-refractivity contribution in [3.8, 4) is 5.75 Å². The maximum atomic E-state index is 10.6. The Balaban J connectivity index is 2.32. The zero-order chi connectivity index (χ0) is 14.5. The summed E-state index contributed by atoms with van der Waals surface area (Å²) in [4.78, 5) is 0. The normalized spacial score (nSPS) is 12.2. The average Bonchev–Trinajstić information content (AvgIpc) is 2.47. The van der Waals surface area contributed by atoms with E-state index in [1.165, 1.54) is 0 Å². The van der Waals surface area contributed by atoms with Crippen LogP contribution in [-0.4, -0.2) is 11.7 Å². The molecule has 0 spiro atoms. The Morgan fingerprint density at radius 2 is 1.85 bits per heavy atom. The summed E-state index contributed by atoms with van der Waals surface area (Å²) < 4.78 is 7.58. The molecule has 0 saturated carbocycles. The van der Waals surface area contributed by atoms with Gasteiger partial charge in [0.1, 0.15) is 11.9 Å². The highest BCUT2D eigenvalue weighted by Gasteiger charge is 2.16. The van der Waals surface area contributed by atoms with Crippen molar-refractivity contribution in [2.45, 2.75) is 19.4 Å². The number of rotatable bonds is 5. The largest absolute Gasteiger partial charge is 0.493 e. The molecule has 2 aromatic rings. The fourth-order valence-corrected chi connectivity index (χ4v) is 2.56. The predicted octanol–water partition coefficient (Wildman–Crippen LogP) is 5.08. The van der Waals surface area contributed by atoms with Gasteiger partial charge in [-0.2, -0.15) is 0 Å². The fraction of sp³-hybridized carbons (Fsp3) is 0.250. The smallest absolute Gasteiger partial charge is 0.125 e. The van der Waals surface area contributed by atoms with Gasteiger partial charge in [0.2, 0.25) is 0 Å². The van der Waals surface area contributed by atoms with Gasteiger partial charge in [-0.3, -0.25) is 0 Å². The van der Waals surface area contributed by atoms with E-state index >= 15 is 0 Å². The van der Waals surface area contributed by atoms with Crippen LogP contribution in [0.5, 0.6) is 5.75 Å². The van der Waals surface area contributed by atoms with E-state index in [-0.39, 0.29) is 0 Å². The molecule has 0 amide bonds. The highest BCUT2D eigenvalue weighted by molar-refractivity contribution is 9.13. The molecule has 1 unspecified atom stereocenters. The van der Waals surface area contributed by atoms with Gasteiger partial charge in [-0.1, -0.05) is 31.2 Å². The van der Waals surface area contributed by atoms with E-state index in [1.54, 1.807) is 0 Å². The molecule has 2 rings (SSSR count). The summed E-state index contributed by atoms with van der Waals surface area (Å²) in [5.41, 5.74) is 1.61. The summed E-state index contributed by atoms with van der Waals surface area (Å²) >= 11 is 6.89. The van der Waals surface area contributed by atoms with E-state index in [4.69, 9.17) is 4.74 Å². The van der Waals surface area contributed by atoms with Crippen LogP contribution in [0.1, 0.15) is 30.6 Å². The maximum Gasteiger partial charge on any atom is 0.125 e. The lowest BCUT2D eigenvalue weighted by Gasteiger charge is -2.17. The van der Waals surface area contributed by atoms with E-state index in [9.17, 15) is 5.11 Å². The second kappa shape index (κ2) is 7.25. The molecule has 0 saturated heterocycles. The molecule has 20 heavy (non-hydrogen) atoms. The van der Waals surface area contributed by atoms with Gasteiger partial charge in [0.25, 0.3) is 0 Å². The first-order valence-electron chi connectivity index (χ1n) is 6.48. The van der Waals surface area contributed by atoms with Gasteiger partial charge < -0.3 is 9.84 Å². The molecule has 106 valence electrons. The second-order valence-corrected chi connectivity index (χ2v) is 6.17. The highest BCUT2D eigenvalue weighted by atomic mass is 79.9. The Morgan fingerprint density at radius 3 is 2.55 bits per heavy atom. The predicted molar refractivity (Wildman–Crippen MR) is 88.1 cm³/mol. The van der Waals surface area contributed by atoms with Gasteiger partial charge in [-0.05, 0) is 62.0 Å². The van der Waals surface area contributed by atoms with Gasteiger partial charge >= 0.3 is 0 Å². The minimum Gasteiger partial charge on any atom is -0.493 e. The summed E-state index contributed by atoms with van der Waals surface area (Å²) in [6.45, 7) is 2.71. The molecule has 0 heterocycles. The first-order valence-corrected chi connectivity index (χ1v) is 8.06. The van der Waals surface area contributed by atoms with Gasteiger partial charge in [-0.25, -0.2) is 0 Å². The second-order valence-electron chi connectivity index (χ2n) is 4.46. The third-order valence-corrected chi connectivity index (χ3v) is 4.81. The van der Waals surface area contributed by atoms with Gasteiger partial charge in [0.05, 0.1) is 6.61 Å².